The minimum atomic E-state index is -0.444. The van der Waals surface area contributed by atoms with Crippen molar-refractivity contribution >= 4 is 52.3 Å². The molecule has 3 rings (SSSR count). The molecule has 160 valence electrons. The van der Waals surface area contributed by atoms with Crippen LogP contribution in [0.15, 0.2) is 65.6 Å². The summed E-state index contributed by atoms with van der Waals surface area (Å²) in [6.45, 7) is 2.84. The van der Waals surface area contributed by atoms with Crippen LogP contribution in [0.25, 0.3) is 12.2 Å². The van der Waals surface area contributed by atoms with Crippen molar-refractivity contribution < 1.29 is 14.3 Å². The number of thiocarbonyl (C=S) groups is 1. The van der Waals surface area contributed by atoms with Crippen LogP contribution in [0.1, 0.15) is 43.7 Å². The Labute approximate surface area is 193 Å². The Hall–Kier alpha value is -2.70. The third kappa shape index (κ3) is 6.91. The Morgan fingerprint density at radius 1 is 1.03 bits per heavy atom. The summed E-state index contributed by atoms with van der Waals surface area (Å²) in [5.41, 5.74) is 1.78. The molecule has 0 bridgehead atoms. The van der Waals surface area contributed by atoms with Gasteiger partial charge in [-0.05, 0) is 41.8 Å². The molecule has 0 atom stereocenters. The lowest BCUT2D eigenvalue weighted by molar-refractivity contribution is -0.129. The first-order valence-corrected chi connectivity index (χ1v) is 11.6. The number of hydrogen-bond acceptors (Lipinski definition) is 5. The molecule has 0 saturated carbocycles. The van der Waals surface area contributed by atoms with E-state index in [2.05, 4.69) is 6.92 Å². The van der Waals surface area contributed by atoms with Crippen LogP contribution in [0.5, 0.6) is 5.75 Å². The van der Waals surface area contributed by atoms with Gasteiger partial charge < -0.3 is 4.74 Å². The maximum absolute atomic E-state index is 12.7. The molecule has 0 radical (unpaired) electrons. The molecule has 6 heteroatoms. The van der Waals surface area contributed by atoms with Crippen molar-refractivity contribution in [1.82, 2.24) is 4.90 Å². The van der Waals surface area contributed by atoms with Gasteiger partial charge in [-0.15, -0.1) is 0 Å². The number of esters is 1. The summed E-state index contributed by atoms with van der Waals surface area (Å²) in [5, 5.41) is 0. The van der Waals surface area contributed by atoms with Crippen molar-refractivity contribution in [3.05, 3.63) is 76.7 Å². The number of carbonyl (C=O) groups excluding carboxylic acids is 2. The van der Waals surface area contributed by atoms with E-state index in [1.807, 2.05) is 48.5 Å². The normalized spacial score (nSPS) is 15.3. The fraction of sp³-hybridized carbons (Fsp3) is 0.240. The molecule has 1 aliphatic heterocycles. The van der Waals surface area contributed by atoms with Crippen molar-refractivity contribution in [2.75, 3.05) is 6.54 Å². The van der Waals surface area contributed by atoms with Gasteiger partial charge in [-0.1, -0.05) is 92.6 Å². The Bertz CT molecular complexity index is 982. The molecule has 1 aliphatic rings. The zero-order valence-electron chi connectivity index (χ0n) is 17.5. The molecule has 1 amide bonds. The minimum absolute atomic E-state index is 0.0342. The van der Waals surface area contributed by atoms with Crippen LogP contribution < -0.4 is 4.74 Å². The van der Waals surface area contributed by atoms with E-state index in [0.29, 0.717) is 21.5 Å². The first-order valence-electron chi connectivity index (χ1n) is 10.4. The maximum Gasteiger partial charge on any atom is 0.336 e. The number of unbranched alkanes of at least 4 members (excludes halogenated alkanes) is 3. The molecule has 1 saturated heterocycles. The van der Waals surface area contributed by atoms with E-state index in [1.54, 1.807) is 23.1 Å². The first-order chi connectivity index (χ1) is 15.1. The highest BCUT2D eigenvalue weighted by atomic mass is 32.2. The summed E-state index contributed by atoms with van der Waals surface area (Å²) in [5.74, 6) is -0.0306. The number of nitrogens with zero attached hydrogens (tertiary/aromatic N) is 1. The molecular weight excluding hydrogens is 426 g/mol. The van der Waals surface area contributed by atoms with Crippen molar-refractivity contribution in [3.63, 3.8) is 0 Å². The highest BCUT2D eigenvalue weighted by Gasteiger charge is 2.31. The number of amides is 1. The third-order valence-electron chi connectivity index (χ3n) is 4.72. The largest absolute Gasteiger partial charge is 0.423 e. The molecule has 2 aromatic carbocycles. The van der Waals surface area contributed by atoms with Gasteiger partial charge >= 0.3 is 5.97 Å². The van der Waals surface area contributed by atoms with Crippen LogP contribution in [-0.4, -0.2) is 27.6 Å². The van der Waals surface area contributed by atoms with Gasteiger partial charge in [0, 0.05) is 12.6 Å². The minimum Gasteiger partial charge on any atom is -0.423 e. The molecule has 4 nitrogen and oxygen atoms in total. The molecule has 0 spiro atoms. The van der Waals surface area contributed by atoms with Crippen molar-refractivity contribution in [3.8, 4) is 5.75 Å². The molecule has 2 aromatic rings. The van der Waals surface area contributed by atoms with Gasteiger partial charge in [0.2, 0.25) is 0 Å². The Balaban J connectivity index is 1.56. The molecule has 0 N–H and O–H groups in total. The van der Waals surface area contributed by atoms with E-state index < -0.39 is 5.97 Å². The van der Waals surface area contributed by atoms with Crippen LogP contribution in [0.2, 0.25) is 0 Å². The highest BCUT2D eigenvalue weighted by molar-refractivity contribution is 8.26. The number of benzene rings is 2. The standard InChI is InChI=1S/C25H25NO3S2/c1-2-3-4-8-17-26-24(28)22(31-25(26)30)18-20-11-14-21(15-12-20)29-23(27)16-13-19-9-6-5-7-10-19/h5-7,9-16,18H,2-4,8,17H2,1H3. The summed E-state index contributed by atoms with van der Waals surface area (Å²) in [6.07, 6.45) is 9.33. The lowest BCUT2D eigenvalue weighted by atomic mass is 10.2. The van der Waals surface area contributed by atoms with E-state index >= 15 is 0 Å². The SMILES string of the molecule is CCCCCCN1C(=O)C(=Cc2ccc(OC(=O)C=Cc3ccccc3)cc2)SC1=S. The second-order valence-corrected chi connectivity index (χ2v) is 8.80. The number of carbonyl (C=O) groups is 2. The maximum atomic E-state index is 12.7. The molecule has 0 aliphatic carbocycles. The van der Waals surface area contributed by atoms with Crippen LogP contribution in [-0.2, 0) is 9.59 Å². The van der Waals surface area contributed by atoms with Gasteiger partial charge in [-0.25, -0.2) is 4.79 Å². The van der Waals surface area contributed by atoms with Gasteiger partial charge in [-0.3, -0.25) is 9.69 Å². The van der Waals surface area contributed by atoms with Crippen molar-refractivity contribution in [2.24, 2.45) is 0 Å². The number of rotatable bonds is 9. The topological polar surface area (TPSA) is 46.6 Å². The lowest BCUT2D eigenvalue weighted by Crippen LogP contribution is -2.28. The van der Waals surface area contributed by atoms with E-state index in [1.165, 1.54) is 24.3 Å². The third-order valence-corrected chi connectivity index (χ3v) is 6.09. The molecule has 1 heterocycles. The second kappa shape index (κ2) is 11.6. The molecule has 31 heavy (non-hydrogen) atoms. The predicted octanol–water partition coefficient (Wildman–Crippen LogP) is 6.09. The van der Waals surface area contributed by atoms with Crippen molar-refractivity contribution in [1.29, 1.82) is 0 Å². The lowest BCUT2D eigenvalue weighted by Gasteiger charge is -2.13. The van der Waals surface area contributed by atoms with Crippen LogP contribution in [0, 0.1) is 0 Å². The highest BCUT2D eigenvalue weighted by Crippen LogP contribution is 2.33. The summed E-state index contributed by atoms with van der Waals surface area (Å²) in [4.78, 5) is 27.0. The first kappa shape index (κ1) is 23.0. The van der Waals surface area contributed by atoms with Gasteiger partial charge in [0.15, 0.2) is 0 Å². The summed E-state index contributed by atoms with van der Waals surface area (Å²) < 4.78 is 5.95. The van der Waals surface area contributed by atoms with Gasteiger partial charge in [0.1, 0.15) is 10.1 Å². The average Bonchev–Trinajstić information content (AvgIpc) is 3.04. The van der Waals surface area contributed by atoms with Gasteiger partial charge in [0.05, 0.1) is 4.91 Å². The summed E-state index contributed by atoms with van der Waals surface area (Å²) in [6, 6.07) is 16.6. The van der Waals surface area contributed by atoms with Crippen LogP contribution in [0.4, 0.5) is 0 Å². The average molecular weight is 452 g/mol. The van der Waals surface area contributed by atoms with Crippen molar-refractivity contribution in [2.45, 2.75) is 32.6 Å². The monoisotopic (exact) mass is 451 g/mol. The Morgan fingerprint density at radius 2 is 1.77 bits per heavy atom. The van der Waals surface area contributed by atoms with Gasteiger partial charge in [0.25, 0.3) is 5.91 Å². The molecule has 0 aromatic heterocycles. The smallest absolute Gasteiger partial charge is 0.336 e. The number of ether oxygens (including phenoxy) is 1. The van der Waals surface area contributed by atoms with Crippen LogP contribution >= 0.6 is 24.0 Å². The van der Waals surface area contributed by atoms with E-state index in [-0.39, 0.29) is 5.91 Å². The second-order valence-electron chi connectivity index (χ2n) is 7.13. The molecule has 0 unspecified atom stereocenters. The molecular formula is C25H25NO3S2. The number of hydrogen-bond donors (Lipinski definition) is 0. The van der Waals surface area contributed by atoms with E-state index in [4.69, 9.17) is 17.0 Å². The van der Waals surface area contributed by atoms with E-state index in [9.17, 15) is 9.59 Å². The predicted molar refractivity (Wildman–Crippen MR) is 132 cm³/mol. The quantitative estimate of drug-likeness (QED) is 0.152. The fourth-order valence-corrected chi connectivity index (χ4v) is 4.36. The summed E-state index contributed by atoms with van der Waals surface area (Å²) in [7, 11) is 0. The zero-order valence-corrected chi connectivity index (χ0v) is 19.1. The van der Waals surface area contributed by atoms with Crippen LogP contribution in [0.3, 0.4) is 0 Å². The molecule has 1 fully saturated rings. The number of thioether (sulfide) groups is 1. The zero-order chi connectivity index (χ0) is 22.1. The Morgan fingerprint density at radius 3 is 2.48 bits per heavy atom. The fourth-order valence-electron chi connectivity index (χ4n) is 3.05. The summed E-state index contributed by atoms with van der Waals surface area (Å²) >= 11 is 6.71. The van der Waals surface area contributed by atoms with Gasteiger partial charge in [-0.2, -0.15) is 0 Å². The Kier molecular flexibility index (Phi) is 8.62. The van der Waals surface area contributed by atoms with E-state index in [0.717, 1.165) is 30.4 Å².